The van der Waals surface area contributed by atoms with E-state index in [9.17, 15) is 4.39 Å². The summed E-state index contributed by atoms with van der Waals surface area (Å²) in [5, 5.41) is 0. The first kappa shape index (κ1) is 12.8. The zero-order chi connectivity index (χ0) is 13.1. The van der Waals surface area contributed by atoms with Crippen molar-refractivity contribution in [2.45, 2.75) is 26.3 Å². The largest absolute Gasteiger partial charge is 0.469 e. The molecule has 1 heterocycles. The summed E-state index contributed by atoms with van der Waals surface area (Å²) in [6.07, 6.45) is 2.40. The second-order valence-electron chi connectivity index (χ2n) is 4.31. The van der Waals surface area contributed by atoms with E-state index < -0.39 is 0 Å². The highest BCUT2D eigenvalue weighted by atomic mass is 19.1. The molecular formula is C14H17FN2O. The van der Waals surface area contributed by atoms with Crippen LogP contribution in [0.5, 0.6) is 0 Å². The fourth-order valence-corrected chi connectivity index (χ4v) is 2.19. The van der Waals surface area contributed by atoms with Crippen LogP contribution < -0.4 is 11.3 Å². The van der Waals surface area contributed by atoms with Gasteiger partial charge < -0.3 is 4.42 Å². The molecule has 0 aliphatic rings. The number of nitrogens with two attached hydrogens (primary N) is 1. The normalized spacial score (nSPS) is 12.7. The Morgan fingerprint density at radius 3 is 2.78 bits per heavy atom. The molecule has 2 aromatic rings. The van der Waals surface area contributed by atoms with E-state index in [2.05, 4.69) is 5.43 Å². The smallest absolute Gasteiger partial charge is 0.123 e. The average molecular weight is 248 g/mol. The standard InChI is InChI=1S/C14H17FN2O/c1-3-13-12(4-5-18-13)14(17-16)10-6-9(2)7-11(15)8-10/h4-8,14,17H,3,16H2,1-2H3. The summed E-state index contributed by atoms with van der Waals surface area (Å²) in [6.45, 7) is 3.86. The van der Waals surface area contributed by atoms with Crippen LogP contribution in [0.2, 0.25) is 0 Å². The van der Waals surface area contributed by atoms with Crippen LogP contribution in [-0.4, -0.2) is 0 Å². The molecule has 96 valence electrons. The molecule has 3 N–H and O–H groups in total. The number of halogens is 1. The molecule has 1 aromatic carbocycles. The summed E-state index contributed by atoms with van der Waals surface area (Å²) >= 11 is 0. The maximum absolute atomic E-state index is 13.5. The molecule has 0 fully saturated rings. The van der Waals surface area contributed by atoms with Crippen molar-refractivity contribution in [1.82, 2.24) is 5.43 Å². The van der Waals surface area contributed by atoms with Crippen molar-refractivity contribution in [2.75, 3.05) is 0 Å². The van der Waals surface area contributed by atoms with E-state index in [1.807, 2.05) is 26.0 Å². The Kier molecular flexibility index (Phi) is 3.79. The first-order chi connectivity index (χ1) is 8.65. The minimum atomic E-state index is -0.258. The van der Waals surface area contributed by atoms with Gasteiger partial charge in [-0.3, -0.25) is 5.84 Å². The predicted molar refractivity (Wildman–Crippen MR) is 68.4 cm³/mol. The number of hydrogen-bond donors (Lipinski definition) is 2. The SMILES string of the molecule is CCc1occc1C(NN)c1cc(C)cc(F)c1. The van der Waals surface area contributed by atoms with E-state index in [1.54, 1.807) is 6.26 Å². The average Bonchev–Trinajstić information content (AvgIpc) is 2.77. The van der Waals surface area contributed by atoms with Crippen LogP contribution in [-0.2, 0) is 6.42 Å². The number of hydrazine groups is 1. The molecule has 4 heteroatoms. The lowest BCUT2D eigenvalue weighted by molar-refractivity contribution is 0.501. The molecule has 1 unspecified atom stereocenters. The van der Waals surface area contributed by atoms with E-state index in [0.717, 1.165) is 28.9 Å². The van der Waals surface area contributed by atoms with Crippen LogP contribution in [0.15, 0.2) is 34.9 Å². The third-order valence-corrected chi connectivity index (χ3v) is 2.98. The third kappa shape index (κ3) is 2.44. The number of hydrogen-bond acceptors (Lipinski definition) is 3. The molecule has 0 radical (unpaired) electrons. The van der Waals surface area contributed by atoms with Gasteiger partial charge in [0, 0.05) is 12.0 Å². The molecule has 3 nitrogen and oxygen atoms in total. The van der Waals surface area contributed by atoms with E-state index in [1.165, 1.54) is 12.1 Å². The van der Waals surface area contributed by atoms with Crippen molar-refractivity contribution >= 4 is 0 Å². The van der Waals surface area contributed by atoms with Crippen molar-refractivity contribution in [3.05, 3.63) is 58.8 Å². The van der Waals surface area contributed by atoms with Gasteiger partial charge in [0.1, 0.15) is 11.6 Å². The monoisotopic (exact) mass is 248 g/mol. The number of nitrogens with one attached hydrogen (secondary N) is 1. The van der Waals surface area contributed by atoms with E-state index in [0.29, 0.717) is 0 Å². The van der Waals surface area contributed by atoms with E-state index in [-0.39, 0.29) is 11.9 Å². The molecule has 0 saturated carbocycles. The van der Waals surface area contributed by atoms with Gasteiger partial charge in [0.25, 0.3) is 0 Å². The second kappa shape index (κ2) is 5.33. The molecule has 0 aliphatic carbocycles. The highest BCUT2D eigenvalue weighted by molar-refractivity contribution is 5.35. The van der Waals surface area contributed by atoms with Gasteiger partial charge >= 0.3 is 0 Å². The van der Waals surface area contributed by atoms with Gasteiger partial charge in [-0.15, -0.1) is 0 Å². The van der Waals surface area contributed by atoms with Crippen molar-refractivity contribution in [3.63, 3.8) is 0 Å². The van der Waals surface area contributed by atoms with Gasteiger partial charge in [-0.1, -0.05) is 13.0 Å². The van der Waals surface area contributed by atoms with Crippen LogP contribution >= 0.6 is 0 Å². The Morgan fingerprint density at radius 1 is 1.39 bits per heavy atom. The lowest BCUT2D eigenvalue weighted by atomic mass is 9.97. The maximum atomic E-state index is 13.5. The Labute approximate surface area is 106 Å². The van der Waals surface area contributed by atoms with Gasteiger partial charge in [0.2, 0.25) is 0 Å². The topological polar surface area (TPSA) is 51.2 Å². The molecular weight excluding hydrogens is 231 g/mol. The Balaban J connectivity index is 2.45. The highest BCUT2D eigenvalue weighted by Gasteiger charge is 2.18. The van der Waals surface area contributed by atoms with Gasteiger partial charge in [0.05, 0.1) is 12.3 Å². The van der Waals surface area contributed by atoms with Gasteiger partial charge in [-0.2, -0.15) is 0 Å². The summed E-state index contributed by atoms with van der Waals surface area (Å²) in [5.74, 6) is 6.21. The number of benzene rings is 1. The fraction of sp³-hybridized carbons (Fsp3) is 0.286. The molecule has 18 heavy (non-hydrogen) atoms. The Morgan fingerprint density at radius 2 is 2.17 bits per heavy atom. The summed E-state index contributed by atoms with van der Waals surface area (Å²) < 4.78 is 18.8. The zero-order valence-corrected chi connectivity index (χ0v) is 10.5. The first-order valence-electron chi connectivity index (χ1n) is 5.95. The maximum Gasteiger partial charge on any atom is 0.123 e. The van der Waals surface area contributed by atoms with Gasteiger partial charge in [0.15, 0.2) is 0 Å². The molecule has 1 aromatic heterocycles. The van der Waals surface area contributed by atoms with Crippen LogP contribution in [0.25, 0.3) is 0 Å². The molecule has 0 saturated heterocycles. The minimum Gasteiger partial charge on any atom is -0.469 e. The second-order valence-corrected chi connectivity index (χ2v) is 4.31. The van der Waals surface area contributed by atoms with Gasteiger partial charge in [-0.05, 0) is 36.2 Å². The summed E-state index contributed by atoms with van der Waals surface area (Å²) in [6, 6.07) is 6.51. The van der Waals surface area contributed by atoms with Crippen LogP contribution in [0.1, 0.15) is 35.4 Å². The zero-order valence-electron chi connectivity index (χ0n) is 10.5. The predicted octanol–water partition coefficient (Wildman–Crippen LogP) is 2.84. The summed E-state index contributed by atoms with van der Waals surface area (Å²) in [4.78, 5) is 0. The Bertz CT molecular complexity index is 516. The summed E-state index contributed by atoms with van der Waals surface area (Å²) in [5.41, 5.74) is 5.34. The number of rotatable bonds is 4. The van der Waals surface area contributed by atoms with Crippen molar-refractivity contribution in [2.24, 2.45) is 5.84 Å². The quantitative estimate of drug-likeness (QED) is 0.646. The first-order valence-corrected chi connectivity index (χ1v) is 5.95. The molecule has 2 rings (SSSR count). The third-order valence-electron chi connectivity index (χ3n) is 2.98. The molecule has 0 spiro atoms. The summed E-state index contributed by atoms with van der Waals surface area (Å²) in [7, 11) is 0. The van der Waals surface area contributed by atoms with Crippen molar-refractivity contribution < 1.29 is 8.81 Å². The molecule has 0 aliphatic heterocycles. The van der Waals surface area contributed by atoms with Crippen LogP contribution in [0.3, 0.4) is 0 Å². The minimum absolute atomic E-state index is 0.256. The van der Waals surface area contributed by atoms with Crippen LogP contribution in [0, 0.1) is 12.7 Å². The lowest BCUT2D eigenvalue weighted by Crippen LogP contribution is -2.29. The van der Waals surface area contributed by atoms with Crippen LogP contribution in [0.4, 0.5) is 4.39 Å². The molecule has 0 amide bonds. The van der Waals surface area contributed by atoms with Crippen molar-refractivity contribution in [1.29, 1.82) is 0 Å². The number of furan rings is 1. The van der Waals surface area contributed by atoms with Crippen molar-refractivity contribution in [3.8, 4) is 0 Å². The van der Waals surface area contributed by atoms with E-state index >= 15 is 0 Å². The highest BCUT2D eigenvalue weighted by Crippen LogP contribution is 2.27. The van der Waals surface area contributed by atoms with E-state index in [4.69, 9.17) is 10.3 Å². The molecule has 0 bridgehead atoms. The molecule has 1 atom stereocenters. The number of aryl methyl sites for hydroxylation is 2. The lowest BCUT2D eigenvalue weighted by Gasteiger charge is -2.17. The van der Waals surface area contributed by atoms with Gasteiger partial charge in [-0.25, -0.2) is 9.82 Å². The fourth-order valence-electron chi connectivity index (χ4n) is 2.19. The Hall–Kier alpha value is -1.65.